The smallest absolute Gasteiger partial charge is 0.244 e. The maximum Gasteiger partial charge on any atom is 0.244 e. The zero-order valence-electron chi connectivity index (χ0n) is 17.8. The van der Waals surface area contributed by atoms with Crippen LogP contribution in [0.1, 0.15) is 18.9 Å². The topological polar surface area (TPSA) is 86.8 Å². The first-order valence-corrected chi connectivity index (χ1v) is 12.6. The minimum atomic E-state index is -3.85. The van der Waals surface area contributed by atoms with Gasteiger partial charge in [-0.3, -0.25) is 13.9 Å². The van der Waals surface area contributed by atoms with Gasteiger partial charge in [0.25, 0.3) is 0 Å². The molecular formula is C21H24Cl3N3O4S. The number of sulfonamides is 1. The second kappa shape index (κ2) is 11.2. The molecule has 0 saturated carbocycles. The summed E-state index contributed by atoms with van der Waals surface area (Å²) in [6, 6.07) is 10.4. The Labute approximate surface area is 203 Å². The molecular weight excluding hydrogens is 497 g/mol. The maximum atomic E-state index is 13.4. The summed E-state index contributed by atoms with van der Waals surface area (Å²) < 4.78 is 25.9. The third kappa shape index (κ3) is 6.51. The third-order valence-electron chi connectivity index (χ3n) is 4.77. The van der Waals surface area contributed by atoms with Crippen molar-refractivity contribution >= 4 is 62.3 Å². The van der Waals surface area contributed by atoms with Gasteiger partial charge in [0.2, 0.25) is 21.8 Å². The van der Waals surface area contributed by atoms with Crippen LogP contribution in [0.3, 0.4) is 0 Å². The summed E-state index contributed by atoms with van der Waals surface area (Å²) in [7, 11) is -2.38. The van der Waals surface area contributed by atoms with Crippen LogP contribution in [0.5, 0.6) is 0 Å². The number of hydrogen-bond acceptors (Lipinski definition) is 4. The van der Waals surface area contributed by atoms with Crippen molar-refractivity contribution in [2.24, 2.45) is 0 Å². The van der Waals surface area contributed by atoms with Crippen LogP contribution in [0.2, 0.25) is 15.1 Å². The Morgan fingerprint density at radius 3 is 2.22 bits per heavy atom. The van der Waals surface area contributed by atoms with Crippen molar-refractivity contribution in [1.29, 1.82) is 0 Å². The van der Waals surface area contributed by atoms with E-state index in [1.807, 2.05) is 0 Å². The normalized spacial score (nSPS) is 12.2. The number of halogens is 3. The van der Waals surface area contributed by atoms with Crippen molar-refractivity contribution in [2.45, 2.75) is 25.9 Å². The zero-order chi connectivity index (χ0) is 24.1. The van der Waals surface area contributed by atoms with E-state index < -0.39 is 28.5 Å². The van der Waals surface area contributed by atoms with Gasteiger partial charge in [-0.1, -0.05) is 59.9 Å². The summed E-state index contributed by atoms with van der Waals surface area (Å²) in [5.41, 5.74) is 0.811. The predicted octanol–water partition coefficient (Wildman–Crippen LogP) is 3.97. The lowest BCUT2D eigenvalue weighted by Gasteiger charge is -2.32. The number of nitrogens with one attached hydrogen (secondary N) is 1. The largest absolute Gasteiger partial charge is 0.357 e. The van der Waals surface area contributed by atoms with Crippen LogP contribution >= 0.6 is 34.8 Å². The molecule has 32 heavy (non-hydrogen) atoms. The third-order valence-corrected chi connectivity index (χ3v) is 6.95. The van der Waals surface area contributed by atoms with Gasteiger partial charge < -0.3 is 10.2 Å². The highest BCUT2D eigenvalue weighted by molar-refractivity contribution is 7.92. The number of hydrogen-bond donors (Lipinski definition) is 1. The molecule has 2 aromatic carbocycles. The highest BCUT2D eigenvalue weighted by Crippen LogP contribution is 2.28. The number of rotatable bonds is 9. The number of likely N-dealkylation sites (N-methyl/N-ethyl adjacent to an activating group) is 1. The fourth-order valence-electron chi connectivity index (χ4n) is 3.17. The standard InChI is InChI=1S/C21H24Cl3N3O4S/c1-4-18(21(29)25-2)26(12-14-9-10-15(22)17(24)11-14)20(28)13-27(32(3,30)31)19-8-6-5-7-16(19)23/h5-11,18H,4,12-13H2,1-3H3,(H,25,29)/t18-/m0/s1. The van der Waals surface area contributed by atoms with E-state index in [0.717, 1.165) is 10.6 Å². The Bertz CT molecular complexity index is 1100. The van der Waals surface area contributed by atoms with Crippen LogP contribution < -0.4 is 9.62 Å². The maximum absolute atomic E-state index is 13.4. The molecule has 0 aliphatic carbocycles. The molecule has 0 aliphatic rings. The van der Waals surface area contributed by atoms with Gasteiger partial charge in [0, 0.05) is 13.6 Å². The van der Waals surface area contributed by atoms with E-state index >= 15 is 0 Å². The second-order valence-corrected chi connectivity index (χ2v) is 10.2. The number of amides is 2. The molecule has 1 atom stereocenters. The molecule has 7 nitrogen and oxygen atoms in total. The number of anilines is 1. The van der Waals surface area contributed by atoms with E-state index in [4.69, 9.17) is 34.8 Å². The van der Waals surface area contributed by atoms with E-state index in [1.54, 1.807) is 37.3 Å². The molecule has 2 aromatic rings. The van der Waals surface area contributed by atoms with E-state index in [1.165, 1.54) is 24.1 Å². The number of nitrogens with zero attached hydrogens (tertiary/aromatic N) is 2. The van der Waals surface area contributed by atoms with Gasteiger partial charge >= 0.3 is 0 Å². The van der Waals surface area contributed by atoms with E-state index in [-0.39, 0.29) is 23.2 Å². The van der Waals surface area contributed by atoms with Crippen LogP contribution in [0, 0.1) is 0 Å². The summed E-state index contributed by atoms with van der Waals surface area (Å²) in [5.74, 6) is -0.943. The van der Waals surface area contributed by atoms with Crippen molar-refractivity contribution in [1.82, 2.24) is 10.2 Å². The lowest BCUT2D eigenvalue weighted by atomic mass is 10.1. The number of benzene rings is 2. The van der Waals surface area contributed by atoms with Gasteiger partial charge in [-0.05, 0) is 36.2 Å². The van der Waals surface area contributed by atoms with Crippen LogP contribution in [0.15, 0.2) is 42.5 Å². The summed E-state index contributed by atoms with van der Waals surface area (Å²) in [6.45, 7) is 1.26. The molecule has 0 spiro atoms. The van der Waals surface area contributed by atoms with Crippen LogP contribution in [0.4, 0.5) is 5.69 Å². The Morgan fingerprint density at radius 1 is 1.03 bits per heavy atom. The van der Waals surface area contributed by atoms with Gasteiger partial charge in [-0.2, -0.15) is 0 Å². The summed E-state index contributed by atoms with van der Waals surface area (Å²) >= 11 is 18.3. The zero-order valence-corrected chi connectivity index (χ0v) is 20.9. The monoisotopic (exact) mass is 519 g/mol. The fraction of sp³-hybridized carbons (Fsp3) is 0.333. The molecule has 0 aliphatic heterocycles. The Kier molecular flexibility index (Phi) is 9.21. The summed E-state index contributed by atoms with van der Waals surface area (Å²) in [4.78, 5) is 27.2. The van der Waals surface area contributed by atoms with Gasteiger partial charge in [-0.15, -0.1) is 0 Å². The predicted molar refractivity (Wildman–Crippen MR) is 129 cm³/mol. The molecule has 11 heteroatoms. The lowest BCUT2D eigenvalue weighted by molar-refractivity contribution is -0.140. The SMILES string of the molecule is CC[C@@H](C(=O)NC)N(Cc1ccc(Cl)c(Cl)c1)C(=O)CN(c1ccccc1Cl)S(C)(=O)=O. The minimum absolute atomic E-state index is 0.0295. The van der Waals surface area contributed by atoms with Gasteiger partial charge in [0.15, 0.2) is 0 Å². The van der Waals surface area contributed by atoms with Crippen LogP contribution in [0.25, 0.3) is 0 Å². The van der Waals surface area contributed by atoms with Crippen molar-refractivity contribution in [2.75, 3.05) is 24.2 Å². The molecule has 0 unspecified atom stereocenters. The summed E-state index contributed by atoms with van der Waals surface area (Å²) in [6.07, 6.45) is 1.31. The average molecular weight is 521 g/mol. The van der Waals surface area contributed by atoms with Crippen LogP contribution in [-0.4, -0.2) is 51.0 Å². The van der Waals surface area contributed by atoms with Gasteiger partial charge in [0.05, 0.1) is 27.0 Å². The van der Waals surface area contributed by atoms with E-state index in [0.29, 0.717) is 22.0 Å². The van der Waals surface area contributed by atoms with Crippen molar-refractivity contribution in [3.8, 4) is 0 Å². The summed E-state index contributed by atoms with van der Waals surface area (Å²) in [5, 5.41) is 3.39. The number of carbonyl (C=O) groups is 2. The molecule has 2 rings (SSSR count). The molecule has 2 amide bonds. The first-order chi connectivity index (χ1) is 15.0. The first-order valence-electron chi connectivity index (χ1n) is 9.66. The number of para-hydroxylation sites is 1. The molecule has 0 saturated heterocycles. The lowest BCUT2D eigenvalue weighted by Crippen LogP contribution is -2.51. The Hall–Kier alpha value is -2.00. The van der Waals surface area contributed by atoms with Crippen molar-refractivity contribution in [3.05, 3.63) is 63.1 Å². The molecule has 0 bridgehead atoms. The van der Waals surface area contributed by atoms with E-state index in [9.17, 15) is 18.0 Å². The molecule has 0 fully saturated rings. The molecule has 0 heterocycles. The average Bonchev–Trinajstić information content (AvgIpc) is 2.73. The molecule has 1 N–H and O–H groups in total. The second-order valence-electron chi connectivity index (χ2n) is 7.03. The highest BCUT2D eigenvalue weighted by atomic mass is 35.5. The quantitative estimate of drug-likeness (QED) is 0.542. The highest BCUT2D eigenvalue weighted by Gasteiger charge is 2.31. The first kappa shape index (κ1) is 26.3. The Balaban J connectivity index is 2.46. The van der Waals surface area contributed by atoms with Crippen molar-refractivity contribution in [3.63, 3.8) is 0 Å². The Morgan fingerprint density at radius 2 is 1.69 bits per heavy atom. The van der Waals surface area contributed by atoms with E-state index in [2.05, 4.69) is 5.32 Å². The van der Waals surface area contributed by atoms with Crippen molar-refractivity contribution < 1.29 is 18.0 Å². The molecule has 0 aromatic heterocycles. The molecule has 0 radical (unpaired) electrons. The fourth-order valence-corrected chi connectivity index (χ4v) is 4.64. The van der Waals surface area contributed by atoms with Gasteiger partial charge in [-0.25, -0.2) is 8.42 Å². The minimum Gasteiger partial charge on any atom is -0.357 e. The van der Waals surface area contributed by atoms with Gasteiger partial charge in [0.1, 0.15) is 12.6 Å². The number of carbonyl (C=O) groups excluding carboxylic acids is 2. The molecule has 174 valence electrons. The van der Waals surface area contributed by atoms with Crippen LogP contribution in [-0.2, 0) is 26.2 Å².